The molecule has 16 heavy (non-hydrogen) atoms. The van der Waals surface area contributed by atoms with Crippen molar-refractivity contribution in [2.45, 2.75) is 12.8 Å². The Labute approximate surface area is 97.0 Å². The molecule has 1 aliphatic rings. The maximum atomic E-state index is 10.9. The fraction of sp³-hybridized carbons (Fsp3) is 0.818. The van der Waals surface area contributed by atoms with E-state index in [1.54, 1.807) is 0 Å². The number of likely N-dealkylation sites (tertiary alicyclic amines) is 1. The molecule has 0 aliphatic carbocycles. The number of carbonyl (C=O) groups excluding carboxylic acids is 1. The Hall–Kier alpha value is -1.26. The summed E-state index contributed by atoms with van der Waals surface area (Å²) < 4.78 is 2.01. The molecule has 1 unspecified atom stereocenters. The summed E-state index contributed by atoms with van der Waals surface area (Å²) in [6.07, 6.45) is 1.64. The molecular weight excluding hydrogens is 206 g/mol. The first-order valence-corrected chi connectivity index (χ1v) is 5.61. The zero-order valence-electron chi connectivity index (χ0n) is 10.6. The smallest absolute Gasteiger partial charge is 0.349 e. The van der Waals surface area contributed by atoms with Gasteiger partial charge < -0.3 is 9.90 Å². The topological polar surface area (TPSA) is 49.6 Å². The van der Waals surface area contributed by atoms with Crippen molar-refractivity contribution in [1.29, 1.82) is 0 Å². The largest absolute Gasteiger partial charge is 0.550 e. The standard InChI is InChI=1S/C11H21N3O2/c1-12(2)11(13(3)4)14-7-5-6-9(8-14)10(15)16/h9H,5-8H2,1-4H3. The summed E-state index contributed by atoms with van der Waals surface area (Å²) in [5.41, 5.74) is 0. The third-order valence-corrected chi connectivity index (χ3v) is 2.84. The van der Waals surface area contributed by atoms with Gasteiger partial charge in [-0.05, 0) is 12.8 Å². The fourth-order valence-corrected chi connectivity index (χ4v) is 2.32. The Bertz CT molecular complexity index is 296. The van der Waals surface area contributed by atoms with E-state index in [1.807, 2.05) is 37.7 Å². The van der Waals surface area contributed by atoms with Crippen LogP contribution in [-0.2, 0) is 4.79 Å². The fourth-order valence-electron chi connectivity index (χ4n) is 2.32. The maximum Gasteiger partial charge on any atom is 0.349 e. The molecular formula is C11H21N3O2. The monoisotopic (exact) mass is 227 g/mol. The highest BCUT2D eigenvalue weighted by molar-refractivity contribution is 5.76. The molecule has 0 spiro atoms. The van der Waals surface area contributed by atoms with Crippen LogP contribution < -0.4 is 5.11 Å². The molecule has 5 heteroatoms. The lowest BCUT2D eigenvalue weighted by atomic mass is 9.98. The molecule has 0 aromatic carbocycles. The molecule has 0 N–H and O–H groups in total. The lowest BCUT2D eigenvalue weighted by Crippen LogP contribution is -2.52. The van der Waals surface area contributed by atoms with Crippen molar-refractivity contribution < 1.29 is 14.5 Å². The van der Waals surface area contributed by atoms with Crippen molar-refractivity contribution in [3.8, 4) is 0 Å². The van der Waals surface area contributed by atoms with Gasteiger partial charge in [0.05, 0.1) is 41.3 Å². The van der Waals surface area contributed by atoms with Crippen LogP contribution in [0.25, 0.3) is 0 Å². The van der Waals surface area contributed by atoms with Gasteiger partial charge in [0.25, 0.3) is 0 Å². The van der Waals surface area contributed by atoms with Gasteiger partial charge in [0.2, 0.25) is 0 Å². The van der Waals surface area contributed by atoms with E-state index >= 15 is 0 Å². The number of piperidine rings is 1. The number of guanidine groups is 1. The number of aliphatic carboxylic acids is 1. The average molecular weight is 227 g/mol. The molecule has 0 amide bonds. The van der Waals surface area contributed by atoms with Gasteiger partial charge in [-0.2, -0.15) is 0 Å². The first-order chi connectivity index (χ1) is 7.43. The zero-order valence-corrected chi connectivity index (χ0v) is 10.6. The number of rotatable bonds is 1. The van der Waals surface area contributed by atoms with E-state index in [1.165, 1.54) is 0 Å². The van der Waals surface area contributed by atoms with Gasteiger partial charge in [-0.15, -0.1) is 0 Å². The van der Waals surface area contributed by atoms with E-state index in [0.717, 1.165) is 25.3 Å². The number of carboxylic acid groups (broad SMARTS) is 1. The van der Waals surface area contributed by atoms with Crippen LogP contribution in [0.4, 0.5) is 0 Å². The highest BCUT2D eigenvalue weighted by Gasteiger charge is 2.29. The highest BCUT2D eigenvalue weighted by atomic mass is 16.4. The Morgan fingerprint density at radius 3 is 2.50 bits per heavy atom. The maximum absolute atomic E-state index is 10.9. The van der Waals surface area contributed by atoms with E-state index < -0.39 is 5.97 Å². The molecule has 1 aliphatic heterocycles. The van der Waals surface area contributed by atoms with Crippen molar-refractivity contribution in [2.75, 3.05) is 41.3 Å². The normalized spacial score (nSPS) is 20.5. The molecule has 92 valence electrons. The third kappa shape index (κ3) is 2.87. The van der Waals surface area contributed by atoms with Gasteiger partial charge >= 0.3 is 5.96 Å². The number of carboxylic acids is 1. The number of carbonyl (C=O) groups is 1. The minimum Gasteiger partial charge on any atom is -0.550 e. The van der Waals surface area contributed by atoms with E-state index in [0.29, 0.717) is 6.54 Å². The molecule has 1 heterocycles. The Balaban J connectivity index is 2.80. The van der Waals surface area contributed by atoms with Crippen LogP contribution in [-0.4, -0.2) is 67.6 Å². The number of hydrogen-bond donors (Lipinski definition) is 0. The summed E-state index contributed by atoms with van der Waals surface area (Å²) >= 11 is 0. The van der Waals surface area contributed by atoms with Crippen molar-refractivity contribution in [3.63, 3.8) is 0 Å². The number of nitrogens with zero attached hydrogens (tertiary/aromatic N) is 3. The predicted octanol–water partition coefficient (Wildman–Crippen LogP) is -1.36. The van der Waals surface area contributed by atoms with Gasteiger partial charge in [0, 0.05) is 11.9 Å². The van der Waals surface area contributed by atoms with Gasteiger partial charge in [-0.3, -0.25) is 14.4 Å². The second-order valence-corrected chi connectivity index (χ2v) is 4.69. The molecule has 0 saturated carbocycles. The lowest BCUT2D eigenvalue weighted by molar-refractivity contribution is -0.476. The molecule has 0 bridgehead atoms. The first kappa shape index (κ1) is 12.8. The van der Waals surface area contributed by atoms with E-state index in [9.17, 15) is 9.90 Å². The Kier molecular flexibility index (Phi) is 4.15. The van der Waals surface area contributed by atoms with Gasteiger partial charge in [-0.1, -0.05) is 0 Å². The van der Waals surface area contributed by atoms with Crippen molar-refractivity contribution >= 4 is 11.9 Å². The first-order valence-electron chi connectivity index (χ1n) is 5.61. The van der Waals surface area contributed by atoms with Crippen molar-refractivity contribution in [2.24, 2.45) is 5.92 Å². The van der Waals surface area contributed by atoms with Gasteiger partial charge in [0.15, 0.2) is 0 Å². The average Bonchev–Trinajstić information content (AvgIpc) is 2.16. The van der Waals surface area contributed by atoms with Crippen LogP contribution >= 0.6 is 0 Å². The van der Waals surface area contributed by atoms with Crippen LogP contribution in [0.2, 0.25) is 0 Å². The summed E-state index contributed by atoms with van der Waals surface area (Å²) in [5.74, 6) is -0.226. The van der Waals surface area contributed by atoms with E-state index in [2.05, 4.69) is 4.90 Å². The Morgan fingerprint density at radius 1 is 1.44 bits per heavy atom. The third-order valence-electron chi connectivity index (χ3n) is 2.84. The minimum absolute atomic E-state index is 0.344. The SMILES string of the molecule is CN(C)C(N1CCCC(C(=O)[O-])C1)=[N+](C)C. The van der Waals surface area contributed by atoms with Gasteiger partial charge in [0.1, 0.15) is 0 Å². The second kappa shape index (κ2) is 5.18. The van der Waals surface area contributed by atoms with Crippen molar-refractivity contribution in [1.82, 2.24) is 9.80 Å². The minimum atomic E-state index is -0.929. The van der Waals surface area contributed by atoms with Crippen molar-refractivity contribution in [3.05, 3.63) is 0 Å². The molecule has 0 aromatic rings. The molecule has 1 atom stereocenters. The van der Waals surface area contributed by atoms with Crippen LogP contribution in [0.15, 0.2) is 0 Å². The molecule has 0 aromatic heterocycles. The summed E-state index contributed by atoms with van der Waals surface area (Å²) in [7, 11) is 7.88. The summed E-state index contributed by atoms with van der Waals surface area (Å²) in [5, 5.41) is 10.9. The summed E-state index contributed by atoms with van der Waals surface area (Å²) in [6, 6.07) is 0. The lowest BCUT2D eigenvalue weighted by Gasteiger charge is -2.32. The van der Waals surface area contributed by atoms with E-state index in [4.69, 9.17) is 0 Å². The summed E-state index contributed by atoms with van der Waals surface area (Å²) in [6.45, 7) is 1.46. The zero-order chi connectivity index (χ0) is 12.3. The second-order valence-electron chi connectivity index (χ2n) is 4.69. The summed E-state index contributed by atoms with van der Waals surface area (Å²) in [4.78, 5) is 15.0. The number of hydrogen-bond acceptors (Lipinski definition) is 2. The molecule has 1 rings (SSSR count). The highest BCUT2D eigenvalue weighted by Crippen LogP contribution is 2.16. The molecule has 0 radical (unpaired) electrons. The predicted molar refractivity (Wildman–Crippen MR) is 60.1 cm³/mol. The van der Waals surface area contributed by atoms with Crippen LogP contribution in [0.1, 0.15) is 12.8 Å². The van der Waals surface area contributed by atoms with E-state index in [-0.39, 0.29) is 5.92 Å². The van der Waals surface area contributed by atoms with Crippen LogP contribution in [0.3, 0.4) is 0 Å². The quantitative estimate of drug-likeness (QED) is 0.315. The molecule has 1 saturated heterocycles. The Morgan fingerprint density at radius 2 is 2.06 bits per heavy atom. The van der Waals surface area contributed by atoms with Crippen LogP contribution in [0, 0.1) is 5.92 Å². The molecule has 1 fully saturated rings. The van der Waals surface area contributed by atoms with Gasteiger partial charge in [-0.25, -0.2) is 0 Å². The molecule has 5 nitrogen and oxygen atoms in total. The van der Waals surface area contributed by atoms with Crippen LogP contribution in [0.5, 0.6) is 0 Å².